The van der Waals surface area contributed by atoms with Gasteiger partial charge in [-0.1, -0.05) is 61.4 Å². The molecule has 1 aromatic heterocycles. The predicted molar refractivity (Wildman–Crippen MR) is 180 cm³/mol. The standard InChI is InChI=1S/C37H45N5O7/c1-36(2,3)49-35(48)39-29-16-11-6-4-5-10-15-25-19-37(25,34(46)47)40-31(43)30-26-22-41(20-24(26)21-42(30)33(29)45)32(44)28-18-12-17-27(38-28)23-13-8-7-9-14-23/h7-10,12-15,17-18,24-26,29-30H,4-6,11,16,19-22H2,1-3H3,(H,39,48)(H,40,43)(H,46,47)/b15-10-/t24-,25-,26-,29+,30-,37+/m0/s1. The molecule has 6 rings (SSSR count). The first kappa shape index (κ1) is 34.1. The molecule has 0 unspecified atom stereocenters. The Bertz CT molecular complexity index is 1640. The monoisotopic (exact) mass is 671 g/mol. The Kier molecular flexibility index (Phi) is 9.50. The summed E-state index contributed by atoms with van der Waals surface area (Å²) in [6.45, 7) is 5.89. The minimum atomic E-state index is -1.45. The average Bonchev–Trinajstić information content (AvgIpc) is 3.41. The number of aliphatic carboxylic acids is 1. The number of benzene rings is 1. The zero-order chi connectivity index (χ0) is 34.9. The number of aromatic nitrogens is 1. The number of hydrogen-bond acceptors (Lipinski definition) is 7. The molecule has 1 aromatic carbocycles. The lowest BCUT2D eigenvalue weighted by molar-refractivity contribution is -0.146. The molecule has 6 atom stereocenters. The third-order valence-electron chi connectivity index (χ3n) is 10.0. The van der Waals surface area contributed by atoms with Crippen molar-refractivity contribution in [2.45, 2.75) is 82.5 Å². The van der Waals surface area contributed by atoms with E-state index in [4.69, 9.17) is 4.74 Å². The molecule has 0 radical (unpaired) electrons. The fraction of sp³-hybridized carbons (Fsp3) is 0.514. The number of amides is 4. The zero-order valence-electron chi connectivity index (χ0n) is 28.3. The maximum Gasteiger partial charge on any atom is 0.408 e. The van der Waals surface area contributed by atoms with Gasteiger partial charge >= 0.3 is 12.1 Å². The van der Waals surface area contributed by atoms with E-state index in [9.17, 15) is 29.1 Å². The number of likely N-dealkylation sites (tertiary alicyclic amines) is 1. The van der Waals surface area contributed by atoms with E-state index in [1.54, 1.807) is 37.8 Å². The molecule has 4 amide bonds. The molecule has 1 aliphatic carbocycles. The maximum atomic E-state index is 14.3. The zero-order valence-corrected chi connectivity index (χ0v) is 28.3. The van der Waals surface area contributed by atoms with E-state index in [1.807, 2.05) is 48.6 Å². The Morgan fingerprint density at radius 3 is 2.51 bits per heavy atom. The summed E-state index contributed by atoms with van der Waals surface area (Å²) in [7, 11) is 0. The lowest BCUT2D eigenvalue weighted by atomic mass is 9.93. The number of pyridine rings is 1. The highest BCUT2D eigenvalue weighted by Gasteiger charge is 2.62. The lowest BCUT2D eigenvalue weighted by Gasteiger charge is -2.33. The summed E-state index contributed by atoms with van der Waals surface area (Å²) in [6, 6.07) is 12.9. The Morgan fingerprint density at radius 2 is 1.78 bits per heavy atom. The molecule has 0 bridgehead atoms. The van der Waals surface area contributed by atoms with Gasteiger partial charge in [0.15, 0.2) is 0 Å². The van der Waals surface area contributed by atoms with Crippen molar-refractivity contribution in [2.75, 3.05) is 19.6 Å². The van der Waals surface area contributed by atoms with E-state index in [0.29, 0.717) is 25.1 Å². The Balaban J connectivity index is 1.27. The van der Waals surface area contributed by atoms with Crippen LogP contribution in [0.4, 0.5) is 4.79 Å². The van der Waals surface area contributed by atoms with Crippen molar-refractivity contribution in [3.05, 3.63) is 66.4 Å². The summed E-state index contributed by atoms with van der Waals surface area (Å²) in [4.78, 5) is 75.5. The van der Waals surface area contributed by atoms with Gasteiger partial charge in [0.2, 0.25) is 11.8 Å². The van der Waals surface area contributed by atoms with Crippen molar-refractivity contribution in [1.29, 1.82) is 0 Å². The molecule has 3 N–H and O–H groups in total. The first-order chi connectivity index (χ1) is 23.4. The molecule has 2 aromatic rings. The molecule has 12 nitrogen and oxygen atoms in total. The van der Waals surface area contributed by atoms with E-state index < -0.39 is 53.0 Å². The Labute approximate surface area is 286 Å². The second kappa shape index (κ2) is 13.6. The van der Waals surface area contributed by atoms with Crippen LogP contribution in [0.5, 0.6) is 0 Å². The molecular weight excluding hydrogens is 626 g/mol. The minimum absolute atomic E-state index is 0.179. The van der Waals surface area contributed by atoms with E-state index in [0.717, 1.165) is 24.8 Å². The number of carbonyl (C=O) groups excluding carboxylic acids is 4. The van der Waals surface area contributed by atoms with Crippen LogP contribution in [0.3, 0.4) is 0 Å². The van der Waals surface area contributed by atoms with Gasteiger partial charge in [-0.15, -0.1) is 0 Å². The van der Waals surface area contributed by atoms with Crippen LogP contribution in [-0.4, -0.2) is 92.5 Å². The topological polar surface area (TPSA) is 158 Å². The number of fused-ring (bicyclic) bond motifs is 4. The van der Waals surface area contributed by atoms with E-state index in [2.05, 4.69) is 15.6 Å². The first-order valence-electron chi connectivity index (χ1n) is 17.2. The highest BCUT2D eigenvalue weighted by molar-refractivity contribution is 5.97. The molecule has 1 saturated carbocycles. The van der Waals surface area contributed by atoms with Crippen LogP contribution in [0, 0.1) is 17.8 Å². The van der Waals surface area contributed by atoms with Gasteiger partial charge in [0.05, 0.1) is 5.69 Å². The van der Waals surface area contributed by atoms with Crippen LogP contribution in [0.15, 0.2) is 60.7 Å². The fourth-order valence-electron chi connectivity index (χ4n) is 7.47. The predicted octanol–water partition coefficient (Wildman–Crippen LogP) is 4.02. The summed E-state index contributed by atoms with van der Waals surface area (Å²) < 4.78 is 5.48. The summed E-state index contributed by atoms with van der Waals surface area (Å²) in [6.07, 6.45) is 6.78. The number of nitrogens with zero attached hydrogens (tertiary/aromatic N) is 3. The number of hydrogen-bond donors (Lipinski definition) is 3. The summed E-state index contributed by atoms with van der Waals surface area (Å²) >= 11 is 0. The van der Waals surface area contributed by atoms with Crippen LogP contribution in [0.1, 0.15) is 69.8 Å². The molecule has 260 valence electrons. The smallest absolute Gasteiger partial charge is 0.408 e. The SMILES string of the molecule is CC(C)(C)OC(=O)N[C@@H]1CCCCC/C=C\[C@H]2C[C@@]2(C(=O)O)NC(=O)[C@@H]2[C@H]3CN(C(=O)c4cccc(-c5ccccc5)n4)C[C@H]3CN2C1=O. The van der Waals surface area contributed by atoms with Crippen molar-refractivity contribution in [2.24, 2.45) is 17.8 Å². The van der Waals surface area contributed by atoms with Crippen molar-refractivity contribution >= 4 is 29.8 Å². The van der Waals surface area contributed by atoms with Crippen LogP contribution in [-0.2, 0) is 19.1 Å². The minimum Gasteiger partial charge on any atom is -0.479 e. The van der Waals surface area contributed by atoms with Gasteiger partial charge in [-0.05, 0) is 58.6 Å². The molecule has 0 spiro atoms. The van der Waals surface area contributed by atoms with Gasteiger partial charge in [-0.2, -0.15) is 0 Å². The molecular formula is C37H45N5O7. The van der Waals surface area contributed by atoms with Gasteiger partial charge < -0.3 is 30.3 Å². The summed E-state index contributed by atoms with van der Waals surface area (Å²) in [5.74, 6) is -3.42. The molecule has 3 aliphatic heterocycles. The normalized spacial score (nSPS) is 29.3. The van der Waals surface area contributed by atoms with Crippen molar-refractivity contribution < 1.29 is 33.8 Å². The van der Waals surface area contributed by atoms with Crippen molar-refractivity contribution in [3.63, 3.8) is 0 Å². The van der Waals surface area contributed by atoms with Crippen LogP contribution in [0.25, 0.3) is 11.3 Å². The molecule has 49 heavy (non-hydrogen) atoms. The number of carboxylic acids is 1. The van der Waals surface area contributed by atoms with Gasteiger partial charge in [0.1, 0.15) is 28.9 Å². The maximum absolute atomic E-state index is 14.3. The Hall–Kier alpha value is -4.74. The fourth-order valence-corrected chi connectivity index (χ4v) is 7.47. The third-order valence-corrected chi connectivity index (χ3v) is 10.0. The van der Waals surface area contributed by atoms with E-state index in [-0.39, 0.29) is 42.9 Å². The van der Waals surface area contributed by atoms with Crippen LogP contribution < -0.4 is 10.6 Å². The molecule has 3 fully saturated rings. The number of allylic oxidation sites excluding steroid dienone is 1. The van der Waals surface area contributed by atoms with E-state index in [1.165, 1.54) is 4.90 Å². The number of carbonyl (C=O) groups is 5. The quantitative estimate of drug-likeness (QED) is 0.412. The molecule has 4 aliphatic rings. The van der Waals surface area contributed by atoms with Crippen LogP contribution in [0.2, 0.25) is 0 Å². The first-order valence-corrected chi connectivity index (χ1v) is 17.2. The van der Waals surface area contributed by atoms with Gasteiger partial charge in [0, 0.05) is 43.0 Å². The molecule has 4 heterocycles. The third kappa shape index (κ3) is 7.33. The summed E-state index contributed by atoms with van der Waals surface area (Å²) in [5, 5.41) is 15.8. The average molecular weight is 672 g/mol. The van der Waals surface area contributed by atoms with Gasteiger partial charge in [-0.3, -0.25) is 14.4 Å². The number of carboxylic acid groups (broad SMARTS) is 1. The number of rotatable bonds is 4. The largest absolute Gasteiger partial charge is 0.479 e. The molecule has 2 saturated heterocycles. The number of alkyl carbamates (subject to hydrolysis) is 1. The van der Waals surface area contributed by atoms with Gasteiger partial charge in [-0.25, -0.2) is 14.6 Å². The Morgan fingerprint density at radius 1 is 1.00 bits per heavy atom. The van der Waals surface area contributed by atoms with Crippen molar-refractivity contribution in [1.82, 2.24) is 25.4 Å². The second-order valence-electron chi connectivity index (χ2n) is 14.7. The van der Waals surface area contributed by atoms with Crippen LogP contribution >= 0.6 is 0 Å². The highest BCUT2D eigenvalue weighted by Crippen LogP contribution is 2.46. The summed E-state index contributed by atoms with van der Waals surface area (Å²) in [5.41, 5.74) is -0.403. The van der Waals surface area contributed by atoms with E-state index >= 15 is 0 Å². The second-order valence-corrected chi connectivity index (χ2v) is 14.7. The highest BCUT2D eigenvalue weighted by atomic mass is 16.6. The lowest BCUT2D eigenvalue weighted by Crippen LogP contribution is -2.58. The van der Waals surface area contributed by atoms with Gasteiger partial charge in [0.25, 0.3) is 5.91 Å². The van der Waals surface area contributed by atoms with Crippen molar-refractivity contribution in [3.8, 4) is 11.3 Å². The number of nitrogens with one attached hydrogen (secondary N) is 2. The molecule has 12 heteroatoms. The number of ether oxygens (including phenoxy) is 1.